The monoisotopic (exact) mass is 275 g/mol. The van der Waals surface area contributed by atoms with Crippen LogP contribution in [0.15, 0.2) is 28.9 Å². The molecule has 20 heavy (non-hydrogen) atoms. The van der Waals surface area contributed by atoms with E-state index in [2.05, 4.69) is 20.3 Å². The Kier molecular flexibility index (Phi) is 3.65. The fourth-order valence-corrected chi connectivity index (χ4v) is 1.55. The number of amides is 2. The molecule has 2 amide bonds. The Labute approximate surface area is 114 Å². The van der Waals surface area contributed by atoms with Gasteiger partial charge in [-0.25, -0.2) is 4.63 Å². The van der Waals surface area contributed by atoms with Crippen molar-refractivity contribution in [1.82, 2.24) is 15.2 Å². The van der Waals surface area contributed by atoms with E-state index < -0.39 is 5.91 Å². The lowest BCUT2D eigenvalue weighted by Gasteiger charge is -2.14. The minimum Gasteiger partial charge on any atom is -0.379 e. The molecule has 0 bridgehead atoms. The summed E-state index contributed by atoms with van der Waals surface area (Å²) in [4.78, 5) is 25.4. The van der Waals surface area contributed by atoms with Gasteiger partial charge in [-0.1, -0.05) is 12.1 Å². The first-order valence-electron chi connectivity index (χ1n) is 5.70. The highest BCUT2D eigenvalue weighted by Gasteiger charge is 2.19. The second-order valence-electron chi connectivity index (χ2n) is 4.20. The lowest BCUT2D eigenvalue weighted by Crippen LogP contribution is -2.24. The van der Waals surface area contributed by atoms with Crippen LogP contribution in [0, 0.1) is 0 Å². The minimum absolute atomic E-state index is 0.112. The van der Waals surface area contributed by atoms with Gasteiger partial charge < -0.3 is 16.0 Å². The summed E-state index contributed by atoms with van der Waals surface area (Å²) < 4.78 is 4.36. The highest BCUT2D eigenvalue weighted by atomic mass is 16.6. The topological polar surface area (TPSA) is 114 Å². The van der Waals surface area contributed by atoms with Crippen molar-refractivity contribution < 1.29 is 14.2 Å². The van der Waals surface area contributed by atoms with Crippen molar-refractivity contribution in [2.45, 2.75) is 0 Å². The van der Waals surface area contributed by atoms with Crippen molar-refractivity contribution >= 4 is 23.3 Å². The molecule has 1 heterocycles. The van der Waals surface area contributed by atoms with E-state index in [0.717, 1.165) is 0 Å². The standard InChI is InChI=1S/C12H13N5O3/c1-17(2)12(19)7-5-3-4-6-8(7)14-11(18)9-10(13)16-20-15-9/h3-6H,1-2H3,(H2,13,16)(H,14,18). The number of para-hydroxylation sites is 1. The Balaban J connectivity index is 2.28. The highest BCUT2D eigenvalue weighted by Crippen LogP contribution is 2.18. The number of nitrogen functional groups attached to an aromatic ring is 1. The van der Waals surface area contributed by atoms with E-state index in [4.69, 9.17) is 5.73 Å². The van der Waals surface area contributed by atoms with Crippen molar-refractivity contribution in [2.75, 3.05) is 25.1 Å². The molecule has 0 radical (unpaired) electrons. The Hall–Kier alpha value is -2.90. The molecule has 1 aromatic carbocycles. The summed E-state index contributed by atoms with van der Waals surface area (Å²) >= 11 is 0. The molecule has 8 nitrogen and oxygen atoms in total. The number of nitrogens with one attached hydrogen (secondary N) is 1. The summed E-state index contributed by atoms with van der Waals surface area (Å²) in [6.45, 7) is 0. The summed E-state index contributed by atoms with van der Waals surface area (Å²) in [5.74, 6) is -0.936. The van der Waals surface area contributed by atoms with Gasteiger partial charge in [0.05, 0.1) is 11.3 Å². The zero-order valence-electron chi connectivity index (χ0n) is 11.0. The van der Waals surface area contributed by atoms with E-state index in [1.54, 1.807) is 38.4 Å². The number of hydrogen-bond donors (Lipinski definition) is 2. The van der Waals surface area contributed by atoms with E-state index in [9.17, 15) is 9.59 Å². The van der Waals surface area contributed by atoms with Crippen molar-refractivity contribution in [2.24, 2.45) is 0 Å². The van der Waals surface area contributed by atoms with Gasteiger partial charge in [0.15, 0.2) is 0 Å². The number of aromatic nitrogens is 2. The predicted molar refractivity (Wildman–Crippen MR) is 71.1 cm³/mol. The van der Waals surface area contributed by atoms with Crippen LogP contribution in [0.1, 0.15) is 20.8 Å². The van der Waals surface area contributed by atoms with Crippen LogP contribution in [0.2, 0.25) is 0 Å². The SMILES string of the molecule is CN(C)C(=O)c1ccccc1NC(=O)c1nonc1N. The van der Waals surface area contributed by atoms with Crippen LogP contribution in [0.3, 0.4) is 0 Å². The number of anilines is 2. The molecule has 3 N–H and O–H groups in total. The summed E-state index contributed by atoms with van der Waals surface area (Å²) in [5.41, 5.74) is 6.03. The average molecular weight is 275 g/mol. The quantitative estimate of drug-likeness (QED) is 0.848. The summed E-state index contributed by atoms with van der Waals surface area (Å²) in [6.07, 6.45) is 0. The largest absolute Gasteiger partial charge is 0.379 e. The second-order valence-corrected chi connectivity index (χ2v) is 4.20. The summed E-state index contributed by atoms with van der Waals surface area (Å²) in [7, 11) is 3.25. The van der Waals surface area contributed by atoms with Crippen LogP contribution < -0.4 is 11.1 Å². The van der Waals surface area contributed by atoms with Crippen LogP contribution in [0.4, 0.5) is 11.5 Å². The van der Waals surface area contributed by atoms with Gasteiger partial charge in [-0.2, -0.15) is 0 Å². The normalized spacial score (nSPS) is 10.1. The lowest BCUT2D eigenvalue weighted by atomic mass is 10.1. The van der Waals surface area contributed by atoms with Gasteiger partial charge >= 0.3 is 0 Å². The maximum Gasteiger partial charge on any atom is 0.281 e. The number of nitrogens with zero attached hydrogens (tertiary/aromatic N) is 3. The van der Waals surface area contributed by atoms with Gasteiger partial charge in [-0.3, -0.25) is 9.59 Å². The molecule has 0 spiro atoms. The third-order valence-corrected chi connectivity index (χ3v) is 2.54. The van der Waals surface area contributed by atoms with Gasteiger partial charge in [0.1, 0.15) is 0 Å². The predicted octanol–water partition coefficient (Wildman–Crippen LogP) is 0.606. The van der Waals surface area contributed by atoms with Crippen LogP contribution in [-0.4, -0.2) is 41.1 Å². The fraction of sp³-hybridized carbons (Fsp3) is 0.167. The molecule has 0 saturated carbocycles. The molecular weight excluding hydrogens is 262 g/mol. The molecule has 0 aliphatic rings. The molecular formula is C12H13N5O3. The van der Waals surface area contributed by atoms with Crippen LogP contribution >= 0.6 is 0 Å². The number of carbonyl (C=O) groups excluding carboxylic acids is 2. The van der Waals surface area contributed by atoms with Gasteiger partial charge in [0.25, 0.3) is 11.8 Å². The Morgan fingerprint density at radius 3 is 2.55 bits per heavy atom. The first-order valence-corrected chi connectivity index (χ1v) is 5.70. The zero-order chi connectivity index (χ0) is 14.7. The number of hydrogen-bond acceptors (Lipinski definition) is 6. The third-order valence-electron chi connectivity index (χ3n) is 2.54. The molecule has 0 atom stereocenters. The van der Waals surface area contributed by atoms with E-state index in [1.165, 1.54) is 4.90 Å². The molecule has 0 saturated heterocycles. The van der Waals surface area contributed by atoms with E-state index in [0.29, 0.717) is 11.3 Å². The van der Waals surface area contributed by atoms with E-state index in [-0.39, 0.29) is 17.4 Å². The molecule has 1 aromatic heterocycles. The van der Waals surface area contributed by atoms with Crippen molar-refractivity contribution in [3.8, 4) is 0 Å². The molecule has 0 unspecified atom stereocenters. The molecule has 8 heteroatoms. The van der Waals surface area contributed by atoms with Crippen LogP contribution in [0.25, 0.3) is 0 Å². The third kappa shape index (κ3) is 2.58. The Morgan fingerprint density at radius 1 is 1.25 bits per heavy atom. The molecule has 0 aliphatic heterocycles. The Bertz CT molecular complexity index is 650. The van der Waals surface area contributed by atoms with E-state index >= 15 is 0 Å². The minimum atomic E-state index is -0.595. The van der Waals surface area contributed by atoms with Gasteiger partial charge in [0, 0.05) is 14.1 Å². The second kappa shape index (κ2) is 5.39. The number of carbonyl (C=O) groups is 2. The van der Waals surface area contributed by atoms with Gasteiger partial charge in [-0.05, 0) is 22.4 Å². The number of benzene rings is 1. The molecule has 2 rings (SSSR count). The molecule has 104 valence electrons. The average Bonchev–Trinajstić information content (AvgIpc) is 2.84. The van der Waals surface area contributed by atoms with Crippen LogP contribution in [0.5, 0.6) is 0 Å². The zero-order valence-corrected chi connectivity index (χ0v) is 11.0. The first kappa shape index (κ1) is 13.5. The molecule has 0 fully saturated rings. The lowest BCUT2D eigenvalue weighted by molar-refractivity contribution is 0.0828. The first-order chi connectivity index (χ1) is 9.50. The van der Waals surface area contributed by atoms with Gasteiger partial charge in [0.2, 0.25) is 11.5 Å². The molecule has 2 aromatic rings. The number of nitrogens with two attached hydrogens (primary N) is 1. The van der Waals surface area contributed by atoms with E-state index in [1.807, 2.05) is 0 Å². The summed E-state index contributed by atoms with van der Waals surface area (Å²) in [6, 6.07) is 6.63. The number of rotatable bonds is 3. The smallest absolute Gasteiger partial charge is 0.281 e. The summed E-state index contributed by atoms with van der Waals surface area (Å²) in [5, 5.41) is 9.28. The Morgan fingerprint density at radius 2 is 1.95 bits per heavy atom. The molecule has 0 aliphatic carbocycles. The highest BCUT2D eigenvalue weighted by molar-refractivity contribution is 6.09. The maximum absolute atomic E-state index is 12.0. The maximum atomic E-state index is 12.0. The van der Waals surface area contributed by atoms with Gasteiger partial charge in [-0.15, -0.1) is 0 Å². The van der Waals surface area contributed by atoms with Crippen molar-refractivity contribution in [3.63, 3.8) is 0 Å². The van der Waals surface area contributed by atoms with Crippen molar-refractivity contribution in [1.29, 1.82) is 0 Å². The fourth-order valence-electron chi connectivity index (χ4n) is 1.55. The van der Waals surface area contributed by atoms with Crippen LogP contribution in [-0.2, 0) is 0 Å². The van der Waals surface area contributed by atoms with Crippen molar-refractivity contribution in [3.05, 3.63) is 35.5 Å².